The van der Waals surface area contributed by atoms with E-state index in [-0.39, 0.29) is 11.6 Å². The van der Waals surface area contributed by atoms with E-state index in [1.165, 1.54) is 15.7 Å². The minimum atomic E-state index is -0.267. The van der Waals surface area contributed by atoms with Crippen molar-refractivity contribution in [2.24, 2.45) is 7.05 Å². The van der Waals surface area contributed by atoms with E-state index in [0.717, 1.165) is 30.2 Å². The molecular formula is C25H22N7O2+. The number of methoxy groups -OCH3 is 1. The molecule has 1 aliphatic heterocycles. The molecule has 0 N–H and O–H groups in total. The fraction of sp³-hybridized carbons (Fsp3) is 0.160. The standard InChI is InChI=1S/C25H22N7O2/c1-29-13-19(12-26-29)22-11-23(31-14-17-6-3-4-7-18(17)15-31)27-24-10-21(28-32(22)24)25(33)30-9-5-8-20(16-30)34-2/h3-13,16H,14-15H2,1-2H3/q+1. The second-order valence-corrected chi connectivity index (χ2v) is 8.28. The van der Waals surface area contributed by atoms with Crippen LogP contribution in [0, 0.1) is 0 Å². The minimum absolute atomic E-state index is 0.267. The second-order valence-electron chi connectivity index (χ2n) is 8.28. The van der Waals surface area contributed by atoms with E-state index in [1.54, 1.807) is 53.1 Å². The number of anilines is 1. The van der Waals surface area contributed by atoms with Gasteiger partial charge in [0.2, 0.25) is 11.9 Å². The molecule has 0 unspecified atom stereocenters. The minimum Gasteiger partial charge on any atom is -0.491 e. The number of nitrogens with zero attached hydrogens (tertiary/aromatic N) is 7. The number of aromatic nitrogens is 6. The number of carbonyl (C=O) groups excluding carboxylic acids is 1. The van der Waals surface area contributed by atoms with Crippen molar-refractivity contribution in [3.63, 3.8) is 0 Å². The molecule has 1 aromatic carbocycles. The zero-order valence-corrected chi connectivity index (χ0v) is 18.8. The van der Waals surface area contributed by atoms with Crippen molar-refractivity contribution in [3.05, 3.63) is 90.1 Å². The van der Waals surface area contributed by atoms with Gasteiger partial charge in [-0.15, -0.1) is 4.57 Å². The predicted molar refractivity (Wildman–Crippen MR) is 124 cm³/mol. The summed E-state index contributed by atoms with van der Waals surface area (Å²) >= 11 is 0. The maximum absolute atomic E-state index is 13.2. The lowest BCUT2D eigenvalue weighted by atomic mass is 10.1. The van der Waals surface area contributed by atoms with Crippen LogP contribution < -0.4 is 14.2 Å². The van der Waals surface area contributed by atoms with Gasteiger partial charge in [-0.2, -0.15) is 10.2 Å². The third kappa shape index (κ3) is 3.38. The van der Waals surface area contributed by atoms with Gasteiger partial charge in [0, 0.05) is 50.1 Å². The first-order valence-electron chi connectivity index (χ1n) is 10.9. The molecule has 34 heavy (non-hydrogen) atoms. The normalized spacial score (nSPS) is 12.8. The van der Waals surface area contributed by atoms with Crippen LogP contribution >= 0.6 is 0 Å². The fourth-order valence-corrected chi connectivity index (χ4v) is 4.32. The molecule has 4 aromatic heterocycles. The lowest BCUT2D eigenvalue weighted by Crippen LogP contribution is -2.42. The lowest BCUT2D eigenvalue weighted by molar-refractivity contribution is -0.571. The van der Waals surface area contributed by atoms with Crippen LogP contribution in [0.2, 0.25) is 0 Å². The molecule has 0 aliphatic carbocycles. The number of benzene rings is 1. The van der Waals surface area contributed by atoms with Gasteiger partial charge >= 0.3 is 5.91 Å². The van der Waals surface area contributed by atoms with Gasteiger partial charge < -0.3 is 9.64 Å². The Balaban J connectivity index is 1.46. The average molecular weight is 452 g/mol. The zero-order chi connectivity index (χ0) is 23.2. The van der Waals surface area contributed by atoms with Crippen LogP contribution in [0.3, 0.4) is 0 Å². The SMILES string of the molecule is COc1ccc[n+](C(=O)c2cc3nc(N4Cc5ccccc5C4)cc(-c4cnn(C)c4)n3n2)c1. The molecule has 6 rings (SSSR count). The molecule has 5 heterocycles. The van der Waals surface area contributed by atoms with Crippen molar-refractivity contribution in [3.8, 4) is 17.0 Å². The van der Waals surface area contributed by atoms with Crippen LogP contribution in [0.25, 0.3) is 16.9 Å². The summed E-state index contributed by atoms with van der Waals surface area (Å²) in [6, 6.07) is 15.7. The van der Waals surface area contributed by atoms with E-state index in [0.29, 0.717) is 11.4 Å². The third-order valence-electron chi connectivity index (χ3n) is 6.04. The van der Waals surface area contributed by atoms with Crippen LogP contribution in [-0.2, 0) is 20.1 Å². The van der Waals surface area contributed by atoms with Gasteiger partial charge in [-0.05, 0) is 17.2 Å². The molecule has 0 bridgehead atoms. The third-order valence-corrected chi connectivity index (χ3v) is 6.04. The predicted octanol–water partition coefficient (Wildman–Crippen LogP) is 2.63. The fourth-order valence-electron chi connectivity index (χ4n) is 4.32. The second kappa shape index (κ2) is 7.80. The number of aryl methyl sites for hydroxylation is 1. The van der Waals surface area contributed by atoms with E-state index >= 15 is 0 Å². The smallest absolute Gasteiger partial charge is 0.445 e. The summed E-state index contributed by atoms with van der Waals surface area (Å²) in [7, 11) is 3.44. The molecular weight excluding hydrogens is 430 g/mol. The van der Waals surface area contributed by atoms with Gasteiger partial charge in [-0.1, -0.05) is 24.3 Å². The lowest BCUT2D eigenvalue weighted by Gasteiger charge is -2.17. The number of hydrogen-bond acceptors (Lipinski definition) is 6. The number of hydrogen-bond donors (Lipinski definition) is 0. The highest BCUT2D eigenvalue weighted by Gasteiger charge is 2.26. The van der Waals surface area contributed by atoms with Crippen molar-refractivity contribution in [1.29, 1.82) is 0 Å². The van der Waals surface area contributed by atoms with E-state index in [1.807, 2.05) is 19.3 Å². The molecule has 0 atom stereocenters. The Morgan fingerprint density at radius 1 is 1.09 bits per heavy atom. The highest BCUT2D eigenvalue weighted by molar-refractivity contribution is 5.86. The van der Waals surface area contributed by atoms with Gasteiger partial charge in [0.05, 0.1) is 19.0 Å². The molecule has 0 amide bonds. The number of pyridine rings is 1. The summed E-state index contributed by atoms with van der Waals surface area (Å²) in [5, 5.41) is 8.95. The van der Waals surface area contributed by atoms with Gasteiger partial charge in [-0.3, -0.25) is 4.68 Å². The number of rotatable bonds is 4. The monoisotopic (exact) mass is 452 g/mol. The highest BCUT2D eigenvalue weighted by atomic mass is 16.5. The molecule has 0 saturated heterocycles. The first-order chi connectivity index (χ1) is 16.6. The van der Waals surface area contributed by atoms with Crippen molar-refractivity contribution in [1.82, 2.24) is 24.4 Å². The zero-order valence-electron chi connectivity index (χ0n) is 18.8. The van der Waals surface area contributed by atoms with Crippen molar-refractivity contribution >= 4 is 17.4 Å². The Hall–Kier alpha value is -4.53. The molecule has 5 aromatic rings. The summed E-state index contributed by atoms with van der Waals surface area (Å²) in [4.78, 5) is 20.3. The first kappa shape index (κ1) is 20.1. The summed E-state index contributed by atoms with van der Waals surface area (Å²) in [6.45, 7) is 1.57. The van der Waals surface area contributed by atoms with Gasteiger partial charge in [0.25, 0.3) is 0 Å². The molecule has 1 aliphatic rings. The Bertz CT molecular complexity index is 1530. The number of fused-ring (bicyclic) bond motifs is 2. The van der Waals surface area contributed by atoms with Crippen molar-refractivity contribution < 1.29 is 14.1 Å². The summed E-state index contributed by atoms with van der Waals surface area (Å²) in [5.74, 6) is 1.15. The molecule has 168 valence electrons. The van der Waals surface area contributed by atoms with Gasteiger partial charge in [-0.25, -0.2) is 14.3 Å². The van der Waals surface area contributed by atoms with E-state index < -0.39 is 0 Å². The molecule has 0 radical (unpaired) electrons. The number of ether oxygens (including phenoxy) is 1. The molecule has 0 saturated carbocycles. The maximum atomic E-state index is 13.2. The van der Waals surface area contributed by atoms with Crippen molar-refractivity contribution in [2.45, 2.75) is 13.1 Å². The molecule has 9 nitrogen and oxygen atoms in total. The summed E-state index contributed by atoms with van der Waals surface area (Å²) < 4.78 is 10.2. The Morgan fingerprint density at radius 3 is 2.59 bits per heavy atom. The topological polar surface area (TPSA) is 81.4 Å². The largest absolute Gasteiger partial charge is 0.491 e. The molecule has 0 fully saturated rings. The summed E-state index contributed by atoms with van der Waals surface area (Å²) in [6.07, 6.45) is 7.03. The first-order valence-corrected chi connectivity index (χ1v) is 10.9. The Labute approximate surface area is 195 Å². The molecule has 0 spiro atoms. The quantitative estimate of drug-likeness (QED) is 0.390. The van der Waals surface area contributed by atoms with Crippen LogP contribution in [0.5, 0.6) is 5.75 Å². The van der Waals surface area contributed by atoms with E-state index in [9.17, 15) is 4.79 Å². The highest BCUT2D eigenvalue weighted by Crippen LogP contribution is 2.30. The molecule has 9 heteroatoms. The van der Waals surface area contributed by atoms with E-state index in [2.05, 4.69) is 39.4 Å². The Kier molecular flexibility index (Phi) is 4.61. The van der Waals surface area contributed by atoms with E-state index in [4.69, 9.17) is 9.72 Å². The Morgan fingerprint density at radius 2 is 1.88 bits per heavy atom. The van der Waals surface area contributed by atoms with Crippen LogP contribution in [0.4, 0.5) is 5.82 Å². The van der Waals surface area contributed by atoms with Crippen molar-refractivity contribution in [2.75, 3.05) is 12.0 Å². The van der Waals surface area contributed by atoms with Gasteiger partial charge in [0.1, 0.15) is 5.82 Å². The van der Waals surface area contributed by atoms with Crippen LogP contribution in [-0.4, -0.2) is 37.4 Å². The summed E-state index contributed by atoms with van der Waals surface area (Å²) in [5.41, 5.74) is 5.19. The number of carbonyl (C=O) groups is 1. The van der Waals surface area contributed by atoms with Gasteiger partial charge in [0.15, 0.2) is 17.6 Å². The van der Waals surface area contributed by atoms with Crippen LogP contribution in [0.15, 0.2) is 73.3 Å². The van der Waals surface area contributed by atoms with Crippen LogP contribution in [0.1, 0.15) is 21.6 Å². The maximum Gasteiger partial charge on any atom is 0.445 e. The average Bonchev–Trinajstić information content (AvgIpc) is 3.60.